The number of carbonyl (C=O) groups is 2. The number of aromatic nitrogens is 2. The molecule has 1 aromatic carbocycles. The summed E-state index contributed by atoms with van der Waals surface area (Å²) in [5.74, 6) is -0.641. The monoisotopic (exact) mass is 397 g/mol. The lowest BCUT2D eigenvalue weighted by molar-refractivity contribution is -0.142. The van der Waals surface area contributed by atoms with E-state index in [2.05, 4.69) is 24.1 Å². The van der Waals surface area contributed by atoms with Crippen molar-refractivity contribution in [1.29, 1.82) is 0 Å². The van der Waals surface area contributed by atoms with Crippen LogP contribution in [-0.2, 0) is 14.3 Å². The SMILES string of the molecule is CC(C)c1ccc(NC(=O)COC(=O)/C=C/c2c(Cl)nc3ccccn23)cc1. The van der Waals surface area contributed by atoms with E-state index < -0.39 is 11.9 Å². The largest absolute Gasteiger partial charge is 0.452 e. The number of imidazole rings is 1. The molecule has 1 amide bonds. The second-order valence-electron chi connectivity index (χ2n) is 6.48. The summed E-state index contributed by atoms with van der Waals surface area (Å²) in [4.78, 5) is 28.0. The number of hydrogen-bond donors (Lipinski definition) is 1. The zero-order valence-corrected chi connectivity index (χ0v) is 16.3. The third-order valence-corrected chi connectivity index (χ3v) is 4.38. The highest BCUT2D eigenvalue weighted by Crippen LogP contribution is 2.19. The van der Waals surface area contributed by atoms with Crippen molar-refractivity contribution in [3.63, 3.8) is 0 Å². The third kappa shape index (κ3) is 4.78. The van der Waals surface area contributed by atoms with Gasteiger partial charge < -0.3 is 10.1 Å². The van der Waals surface area contributed by atoms with Crippen LogP contribution in [0.1, 0.15) is 31.0 Å². The van der Waals surface area contributed by atoms with E-state index in [0.717, 1.165) is 0 Å². The van der Waals surface area contributed by atoms with Gasteiger partial charge in [-0.25, -0.2) is 9.78 Å². The van der Waals surface area contributed by atoms with Crippen molar-refractivity contribution in [2.75, 3.05) is 11.9 Å². The minimum absolute atomic E-state index is 0.276. The molecule has 6 nitrogen and oxygen atoms in total. The van der Waals surface area contributed by atoms with Crippen LogP contribution in [0.3, 0.4) is 0 Å². The summed E-state index contributed by atoms with van der Waals surface area (Å²) in [5.41, 5.74) is 3.06. The highest BCUT2D eigenvalue weighted by atomic mass is 35.5. The van der Waals surface area contributed by atoms with Gasteiger partial charge in [-0.15, -0.1) is 0 Å². The molecule has 0 saturated carbocycles. The van der Waals surface area contributed by atoms with Gasteiger partial charge in [-0.2, -0.15) is 0 Å². The van der Waals surface area contributed by atoms with Gasteiger partial charge in [0.1, 0.15) is 5.65 Å². The van der Waals surface area contributed by atoms with Crippen LogP contribution in [0.4, 0.5) is 5.69 Å². The average molecular weight is 398 g/mol. The lowest BCUT2D eigenvalue weighted by atomic mass is 10.0. The number of benzene rings is 1. The number of fused-ring (bicyclic) bond motifs is 1. The zero-order chi connectivity index (χ0) is 20.1. The molecule has 0 saturated heterocycles. The molecule has 0 fully saturated rings. The van der Waals surface area contributed by atoms with Gasteiger partial charge in [0.15, 0.2) is 11.8 Å². The van der Waals surface area contributed by atoms with E-state index in [0.29, 0.717) is 22.9 Å². The molecule has 1 N–H and O–H groups in total. The molecule has 3 rings (SSSR count). The van der Waals surface area contributed by atoms with Crippen LogP contribution >= 0.6 is 11.6 Å². The van der Waals surface area contributed by atoms with E-state index >= 15 is 0 Å². The quantitative estimate of drug-likeness (QED) is 0.497. The number of amides is 1. The molecule has 3 aromatic rings. The van der Waals surface area contributed by atoms with Crippen molar-refractivity contribution < 1.29 is 14.3 Å². The first-order valence-corrected chi connectivity index (χ1v) is 9.19. The summed E-state index contributed by atoms with van der Waals surface area (Å²) in [6, 6.07) is 13.0. The highest BCUT2D eigenvalue weighted by Gasteiger charge is 2.09. The van der Waals surface area contributed by atoms with Crippen LogP contribution in [0.5, 0.6) is 0 Å². The molecular formula is C21H20ClN3O3. The fourth-order valence-electron chi connectivity index (χ4n) is 2.62. The number of nitrogens with one attached hydrogen (secondary N) is 1. The Morgan fingerprint density at radius 2 is 1.96 bits per heavy atom. The fourth-order valence-corrected chi connectivity index (χ4v) is 2.86. The first-order valence-electron chi connectivity index (χ1n) is 8.81. The highest BCUT2D eigenvalue weighted by molar-refractivity contribution is 6.31. The molecule has 0 atom stereocenters. The van der Waals surface area contributed by atoms with Gasteiger partial charge >= 0.3 is 5.97 Å². The molecule has 0 aliphatic rings. The standard InChI is InChI=1S/C21H20ClN3O3/c1-14(2)15-6-8-16(9-7-15)23-19(26)13-28-20(27)11-10-17-21(22)24-18-5-3-4-12-25(17)18/h3-12,14H,13H2,1-2H3,(H,23,26)/b11-10+. The summed E-state index contributed by atoms with van der Waals surface area (Å²) < 4.78 is 6.73. The first-order chi connectivity index (χ1) is 13.4. The van der Waals surface area contributed by atoms with E-state index in [1.54, 1.807) is 16.7 Å². The lowest BCUT2D eigenvalue weighted by Gasteiger charge is -2.08. The molecule has 28 heavy (non-hydrogen) atoms. The van der Waals surface area contributed by atoms with Crippen molar-refractivity contribution >= 4 is 40.9 Å². The Morgan fingerprint density at radius 3 is 2.68 bits per heavy atom. The Kier molecular flexibility index (Phi) is 6.11. The minimum Gasteiger partial charge on any atom is -0.452 e. The maximum absolute atomic E-state index is 11.9. The molecule has 0 radical (unpaired) electrons. The lowest BCUT2D eigenvalue weighted by Crippen LogP contribution is -2.20. The molecular weight excluding hydrogens is 378 g/mol. The number of hydrogen-bond acceptors (Lipinski definition) is 4. The predicted molar refractivity (Wildman–Crippen MR) is 109 cm³/mol. The van der Waals surface area contributed by atoms with E-state index in [9.17, 15) is 9.59 Å². The van der Waals surface area contributed by atoms with Crippen LogP contribution in [0.15, 0.2) is 54.7 Å². The van der Waals surface area contributed by atoms with Crippen molar-refractivity contribution in [3.8, 4) is 0 Å². The molecule has 2 heterocycles. The summed E-state index contributed by atoms with van der Waals surface area (Å²) in [7, 11) is 0. The molecule has 0 aliphatic carbocycles. The van der Waals surface area contributed by atoms with Crippen LogP contribution in [-0.4, -0.2) is 27.9 Å². The molecule has 144 valence electrons. The van der Waals surface area contributed by atoms with Crippen molar-refractivity contribution in [1.82, 2.24) is 9.38 Å². The first kappa shape index (κ1) is 19.6. The minimum atomic E-state index is -0.646. The zero-order valence-electron chi connectivity index (χ0n) is 15.6. The fraction of sp³-hybridized carbons (Fsp3) is 0.190. The number of carbonyl (C=O) groups excluding carboxylic acids is 2. The van der Waals surface area contributed by atoms with Gasteiger partial charge in [0.2, 0.25) is 0 Å². The molecule has 7 heteroatoms. The number of nitrogens with zero attached hydrogens (tertiary/aromatic N) is 2. The van der Waals surface area contributed by atoms with Crippen LogP contribution in [0.2, 0.25) is 5.15 Å². The van der Waals surface area contributed by atoms with E-state index in [4.69, 9.17) is 16.3 Å². The van der Waals surface area contributed by atoms with Crippen molar-refractivity contribution in [3.05, 3.63) is 71.1 Å². The van der Waals surface area contributed by atoms with Crippen molar-refractivity contribution in [2.24, 2.45) is 0 Å². The number of ether oxygens (including phenoxy) is 1. The number of halogens is 1. The average Bonchev–Trinajstić information content (AvgIpc) is 3.00. The van der Waals surface area contributed by atoms with E-state index in [1.807, 2.05) is 36.4 Å². The van der Waals surface area contributed by atoms with E-state index in [1.165, 1.54) is 17.7 Å². The van der Waals surface area contributed by atoms with E-state index in [-0.39, 0.29) is 11.8 Å². The van der Waals surface area contributed by atoms with Crippen molar-refractivity contribution in [2.45, 2.75) is 19.8 Å². The van der Waals surface area contributed by atoms with Crippen LogP contribution in [0.25, 0.3) is 11.7 Å². The second-order valence-corrected chi connectivity index (χ2v) is 6.84. The van der Waals surface area contributed by atoms with Gasteiger partial charge in [-0.1, -0.05) is 43.6 Å². The number of rotatable bonds is 6. The predicted octanol–water partition coefficient (Wildman–Crippen LogP) is 4.31. The molecule has 0 unspecified atom stereocenters. The maximum Gasteiger partial charge on any atom is 0.331 e. The smallest absolute Gasteiger partial charge is 0.331 e. The van der Waals surface area contributed by atoms with Gasteiger partial charge in [-0.05, 0) is 41.8 Å². The molecule has 0 spiro atoms. The molecule has 0 bridgehead atoms. The Labute approximate surface area is 167 Å². The maximum atomic E-state index is 11.9. The Balaban J connectivity index is 1.54. The van der Waals surface area contributed by atoms with Crippen LogP contribution < -0.4 is 5.32 Å². The topological polar surface area (TPSA) is 72.7 Å². The Bertz CT molecular complexity index is 1020. The number of esters is 1. The van der Waals surface area contributed by atoms with Gasteiger partial charge in [-0.3, -0.25) is 9.20 Å². The Morgan fingerprint density at radius 1 is 1.21 bits per heavy atom. The van der Waals surface area contributed by atoms with Gasteiger partial charge in [0.25, 0.3) is 5.91 Å². The summed E-state index contributed by atoms with van der Waals surface area (Å²) in [6.07, 6.45) is 4.51. The summed E-state index contributed by atoms with van der Waals surface area (Å²) in [6.45, 7) is 3.82. The number of pyridine rings is 1. The van der Waals surface area contributed by atoms with Gasteiger partial charge in [0, 0.05) is 18.0 Å². The normalized spacial score (nSPS) is 11.3. The van der Waals surface area contributed by atoms with Gasteiger partial charge in [0.05, 0.1) is 5.69 Å². The second kappa shape index (κ2) is 8.71. The Hall–Kier alpha value is -3.12. The third-order valence-electron chi connectivity index (χ3n) is 4.11. The van der Waals surface area contributed by atoms with Crippen LogP contribution in [0, 0.1) is 0 Å². The number of anilines is 1. The summed E-state index contributed by atoms with van der Waals surface area (Å²) in [5, 5.41) is 2.97. The molecule has 0 aliphatic heterocycles. The summed E-state index contributed by atoms with van der Waals surface area (Å²) >= 11 is 6.10. The molecule has 2 aromatic heterocycles.